The quantitative estimate of drug-likeness (QED) is 0.336. The molecule has 1 aromatic carbocycles. The summed E-state index contributed by atoms with van der Waals surface area (Å²) in [6.07, 6.45) is 7.77. The van der Waals surface area contributed by atoms with Gasteiger partial charge in [-0.05, 0) is 50.3 Å². The van der Waals surface area contributed by atoms with Crippen LogP contribution in [0.15, 0.2) is 23.2 Å². The first-order chi connectivity index (χ1) is 12.7. The van der Waals surface area contributed by atoms with E-state index >= 15 is 0 Å². The molecular formula is C20H32FIN4O. The van der Waals surface area contributed by atoms with E-state index in [9.17, 15) is 9.50 Å². The fourth-order valence-corrected chi connectivity index (χ4v) is 4.01. The summed E-state index contributed by atoms with van der Waals surface area (Å²) in [4.78, 5) is 7.24. The largest absolute Gasteiger partial charge is 0.505 e. The fourth-order valence-electron chi connectivity index (χ4n) is 4.01. The van der Waals surface area contributed by atoms with Gasteiger partial charge in [0.2, 0.25) is 0 Å². The number of nitrogens with one attached hydrogen (secondary N) is 2. The Morgan fingerprint density at radius 2 is 1.93 bits per heavy atom. The second-order valence-corrected chi connectivity index (χ2v) is 7.37. The molecule has 0 unspecified atom stereocenters. The topological polar surface area (TPSA) is 59.9 Å². The molecule has 0 amide bonds. The average Bonchev–Trinajstić information content (AvgIpc) is 3.18. The number of rotatable bonds is 5. The maximum absolute atomic E-state index is 13.5. The van der Waals surface area contributed by atoms with Gasteiger partial charge in [0.15, 0.2) is 17.5 Å². The second kappa shape index (κ2) is 11.0. The lowest BCUT2D eigenvalue weighted by molar-refractivity contribution is 0.150. The highest BCUT2D eigenvalue weighted by Crippen LogP contribution is 2.26. The number of nitrogens with zero attached hydrogens (tertiary/aromatic N) is 2. The Bertz CT molecular complexity index is 614. The normalized spacial score (nSPS) is 19.7. The predicted octanol–water partition coefficient (Wildman–Crippen LogP) is 3.61. The fraction of sp³-hybridized carbons (Fsp3) is 0.650. The first-order valence-corrected chi connectivity index (χ1v) is 9.92. The summed E-state index contributed by atoms with van der Waals surface area (Å²) >= 11 is 0. The summed E-state index contributed by atoms with van der Waals surface area (Å²) < 4.78 is 13.5. The highest BCUT2D eigenvalue weighted by atomic mass is 127. The third-order valence-electron chi connectivity index (χ3n) is 5.49. The molecule has 1 heterocycles. The molecule has 7 heteroatoms. The van der Waals surface area contributed by atoms with Gasteiger partial charge in [-0.3, -0.25) is 0 Å². The van der Waals surface area contributed by atoms with Crippen LogP contribution in [-0.4, -0.2) is 47.7 Å². The maximum atomic E-state index is 13.5. The van der Waals surface area contributed by atoms with Crippen molar-refractivity contribution >= 4 is 29.9 Å². The van der Waals surface area contributed by atoms with Crippen molar-refractivity contribution < 1.29 is 9.50 Å². The Labute approximate surface area is 178 Å². The minimum Gasteiger partial charge on any atom is -0.505 e. The van der Waals surface area contributed by atoms with E-state index < -0.39 is 5.82 Å². The highest BCUT2D eigenvalue weighted by molar-refractivity contribution is 14.0. The number of benzene rings is 1. The molecule has 5 nitrogen and oxygen atoms in total. The molecule has 2 fully saturated rings. The van der Waals surface area contributed by atoms with Crippen LogP contribution in [0.1, 0.15) is 51.0 Å². The van der Waals surface area contributed by atoms with Crippen molar-refractivity contribution in [3.05, 3.63) is 29.6 Å². The van der Waals surface area contributed by atoms with Gasteiger partial charge >= 0.3 is 0 Å². The van der Waals surface area contributed by atoms with Crippen LogP contribution in [0.2, 0.25) is 0 Å². The molecule has 0 bridgehead atoms. The summed E-state index contributed by atoms with van der Waals surface area (Å²) in [6, 6.07) is 5.65. The van der Waals surface area contributed by atoms with Crippen LogP contribution in [0.25, 0.3) is 0 Å². The van der Waals surface area contributed by atoms with Crippen LogP contribution in [0.4, 0.5) is 4.39 Å². The van der Waals surface area contributed by atoms with Gasteiger partial charge in [-0.25, -0.2) is 9.38 Å². The van der Waals surface area contributed by atoms with Crippen molar-refractivity contribution in [1.29, 1.82) is 0 Å². The molecule has 3 rings (SSSR count). The first-order valence-electron chi connectivity index (χ1n) is 9.92. The number of hydrogen-bond acceptors (Lipinski definition) is 3. The summed E-state index contributed by atoms with van der Waals surface area (Å²) in [7, 11) is 0. The zero-order chi connectivity index (χ0) is 18.4. The van der Waals surface area contributed by atoms with Gasteiger partial charge in [0.25, 0.3) is 0 Å². The third kappa shape index (κ3) is 6.48. The standard InChI is InChI=1S/C20H31FN4O.HI/c1-2-22-20(23-14-15-7-8-19(26)18(21)13-15)24-16-9-11-25(12-10-16)17-5-3-4-6-17;/h7-8,13,16-17,26H,2-6,9-12,14H2,1H3,(H2,22,23,24);1H. The summed E-state index contributed by atoms with van der Waals surface area (Å²) in [6.45, 7) is 5.53. The lowest BCUT2D eigenvalue weighted by Gasteiger charge is -2.36. The number of phenols is 1. The molecule has 27 heavy (non-hydrogen) atoms. The Morgan fingerprint density at radius 3 is 2.56 bits per heavy atom. The Balaban J connectivity index is 0.00000261. The number of guanidine groups is 1. The van der Waals surface area contributed by atoms with Crippen LogP contribution >= 0.6 is 24.0 Å². The Kier molecular flexibility index (Phi) is 9.08. The lowest BCUT2D eigenvalue weighted by atomic mass is 10.0. The number of aromatic hydroxyl groups is 1. The van der Waals surface area contributed by atoms with E-state index in [1.54, 1.807) is 6.07 Å². The number of halogens is 2. The van der Waals surface area contributed by atoms with Crippen molar-refractivity contribution in [3.8, 4) is 5.75 Å². The minimum atomic E-state index is -0.602. The monoisotopic (exact) mass is 490 g/mol. The summed E-state index contributed by atoms with van der Waals surface area (Å²) in [5, 5.41) is 16.1. The van der Waals surface area contributed by atoms with Crippen LogP contribution in [0, 0.1) is 5.82 Å². The molecule has 1 saturated heterocycles. The second-order valence-electron chi connectivity index (χ2n) is 7.37. The van der Waals surface area contributed by atoms with Gasteiger partial charge in [-0.2, -0.15) is 0 Å². The van der Waals surface area contributed by atoms with Crippen molar-refractivity contribution in [2.75, 3.05) is 19.6 Å². The van der Waals surface area contributed by atoms with E-state index in [0.717, 1.165) is 50.0 Å². The molecule has 1 aromatic rings. The first kappa shape index (κ1) is 22.2. The van der Waals surface area contributed by atoms with Crippen molar-refractivity contribution in [2.24, 2.45) is 4.99 Å². The van der Waals surface area contributed by atoms with E-state index in [1.807, 2.05) is 6.92 Å². The molecule has 0 radical (unpaired) electrons. The number of piperidine rings is 1. The number of likely N-dealkylation sites (tertiary alicyclic amines) is 1. The predicted molar refractivity (Wildman–Crippen MR) is 118 cm³/mol. The van der Waals surface area contributed by atoms with E-state index in [-0.39, 0.29) is 29.7 Å². The smallest absolute Gasteiger partial charge is 0.191 e. The zero-order valence-corrected chi connectivity index (χ0v) is 18.4. The van der Waals surface area contributed by atoms with Gasteiger partial charge < -0.3 is 20.6 Å². The van der Waals surface area contributed by atoms with Crippen molar-refractivity contribution in [2.45, 2.75) is 64.1 Å². The number of phenolic OH excluding ortho intramolecular Hbond substituents is 1. The van der Waals surface area contributed by atoms with Gasteiger partial charge in [-0.15, -0.1) is 24.0 Å². The molecule has 0 atom stereocenters. The van der Waals surface area contributed by atoms with Crippen LogP contribution in [-0.2, 0) is 6.54 Å². The van der Waals surface area contributed by atoms with E-state index in [0.29, 0.717) is 12.6 Å². The van der Waals surface area contributed by atoms with Gasteiger partial charge in [0.05, 0.1) is 6.54 Å². The Morgan fingerprint density at radius 1 is 1.22 bits per heavy atom. The highest BCUT2D eigenvalue weighted by Gasteiger charge is 2.27. The molecule has 1 aliphatic carbocycles. The Hall–Kier alpha value is -1.09. The molecule has 0 spiro atoms. The molecule has 152 valence electrons. The average molecular weight is 490 g/mol. The molecule has 1 aliphatic heterocycles. The number of aliphatic imine (C=N–C) groups is 1. The maximum Gasteiger partial charge on any atom is 0.191 e. The van der Waals surface area contributed by atoms with Crippen LogP contribution < -0.4 is 10.6 Å². The van der Waals surface area contributed by atoms with Gasteiger partial charge in [0, 0.05) is 31.7 Å². The zero-order valence-electron chi connectivity index (χ0n) is 16.1. The summed E-state index contributed by atoms with van der Waals surface area (Å²) in [5.74, 6) is -0.146. The third-order valence-corrected chi connectivity index (χ3v) is 5.49. The van der Waals surface area contributed by atoms with Gasteiger partial charge in [0.1, 0.15) is 0 Å². The molecule has 3 N–H and O–H groups in total. The van der Waals surface area contributed by atoms with E-state index in [2.05, 4.69) is 20.5 Å². The SMILES string of the molecule is CCNC(=NCc1ccc(O)c(F)c1)NC1CCN(C2CCCC2)CC1.I. The van der Waals surface area contributed by atoms with E-state index in [4.69, 9.17) is 0 Å². The van der Waals surface area contributed by atoms with E-state index in [1.165, 1.54) is 37.8 Å². The van der Waals surface area contributed by atoms with Crippen LogP contribution in [0.5, 0.6) is 5.75 Å². The minimum absolute atomic E-state index is 0. The van der Waals surface area contributed by atoms with Crippen LogP contribution in [0.3, 0.4) is 0 Å². The molecule has 2 aliphatic rings. The van der Waals surface area contributed by atoms with Crippen molar-refractivity contribution in [1.82, 2.24) is 15.5 Å². The summed E-state index contributed by atoms with van der Waals surface area (Å²) in [5.41, 5.74) is 0.744. The lowest BCUT2D eigenvalue weighted by Crippen LogP contribution is -2.50. The van der Waals surface area contributed by atoms with Gasteiger partial charge in [-0.1, -0.05) is 18.9 Å². The molecule has 1 saturated carbocycles. The number of hydrogen-bond donors (Lipinski definition) is 3. The van der Waals surface area contributed by atoms with Crippen molar-refractivity contribution in [3.63, 3.8) is 0 Å². The molecular weight excluding hydrogens is 458 g/mol. The molecule has 0 aromatic heterocycles.